The monoisotopic (exact) mass is 243 g/mol. The Bertz CT molecular complexity index is 261. The summed E-state index contributed by atoms with van der Waals surface area (Å²) < 4.78 is 9.98. The highest BCUT2D eigenvalue weighted by molar-refractivity contribution is 5.77. The van der Waals surface area contributed by atoms with Gasteiger partial charge in [-0.3, -0.25) is 9.59 Å². The van der Waals surface area contributed by atoms with Crippen molar-refractivity contribution >= 4 is 11.9 Å². The Labute approximate surface area is 102 Å². The third-order valence-corrected chi connectivity index (χ3v) is 2.97. The van der Waals surface area contributed by atoms with Gasteiger partial charge >= 0.3 is 5.97 Å². The van der Waals surface area contributed by atoms with Crippen LogP contribution in [0.3, 0.4) is 0 Å². The molecule has 1 aliphatic rings. The van der Waals surface area contributed by atoms with Crippen LogP contribution in [0.15, 0.2) is 0 Å². The van der Waals surface area contributed by atoms with Crippen LogP contribution in [-0.2, 0) is 19.1 Å². The fraction of sp³-hybridized carbons (Fsp3) is 0.833. The average molecular weight is 243 g/mol. The first-order chi connectivity index (χ1) is 8.17. The number of hydrogen-bond acceptors (Lipinski definition) is 4. The van der Waals surface area contributed by atoms with Crippen LogP contribution in [0.5, 0.6) is 0 Å². The zero-order valence-corrected chi connectivity index (χ0v) is 10.6. The first-order valence-electron chi connectivity index (χ1n) is 6.13. The van der Waals surface area contributed by atoms with Crippen LogP contribution in [-0.4, -0.2) is 49.7 Å². The Morgan fingerprint density at radius 2 is 2.24 bits per heavy atom. The normalized spacial score (nSPS) is 19.1. The topological polar surface area (TPSA) is 55.8 Å². The van der Waals surface area contributed by atoms with E-state index < -0.39 is 0 Å². The lowest BCUT2D eigenvalue weighted by atomic mass is 10.1. The fourth-order valence-electron chi connectivity index (χ4n) is 1.92. The van der Waals surface area contributed by atoms with Crippen molar-refractivity contribution < 1.29 is 19.1 Å². The molecule has 1 unspecified atom stereocenters. The van der Waals surface area contributed by atoms with E-state index in [0.717, 1.165) is 19.4 Å². The van der Waals surface area contributed by atoms with Crippen molar-refractivity contribution in [3.05, 3.63) is 0 Å². The lowest BCUT2D eigenvalue weighted by Gasteiger charge is -2.21. The van der Waals surface area contributed by atoms with Crippen LogP contribution in [0.4, 0.5) is 0 Å². The average Bonchev–Trinajstić information content (AvgIpc) is 2.82. The Kier molecular flexibility index (Phi) is 5.97. The first-order valence-corrected chi connectivity index (χ1v) is 6.13. The third-order valence-electron chi connectivity index (χ3n) is 2.97. The van der Waals surface area contributed by atoms with Gasteiger partial charge in [0.15, 0.2) is 0 Å². The van der Waals surface area contributed by atoms with E-state index in [4.69, 9.17) is 4.74 Å². The van der Waals surface area contributed by atoms with E-state index in [1.807, 2.05) is 6.92 Å². The number of carbonyl (C=O) groups excluding carboxylic acids is 2. The summed E-state index contributed by atoms with van der Waals surface area (Å²) in [5, 5.41) is 0. The fourth-order valence-corrected chi connectivity index (χ4v) is 1.92. The minimum atomic E-state index is -0.284. The highest BCUT2D eigenvalue weighted by atomic mass is 16.5. The molecule has 98 valence electrons. The molecular formula is C12H21NO4. The number of nitrogens with zero attached hydrogens (tertiary/aromatic N) is 1. The number of ether oxygens (including phenoxy) is 2. The molecule has 0 bridgehead atoms. The van der Waals surface area contributed by atoms with Crippen LogP contribution >= 0.6 is 0 Å². The van der Waals surface area contributed by atoms with Crippen molar-refractivity contribution in [2.24, 2.45) is 0 Å². The smallest absolute Gasteiger partial charge is 0.307 e. The van der Waals surface area contributed by atoms with Gasteiger partial charge in [-0.25, -0.2) is 0 Å². The van der Waals surface area contributed by atoms with Gasteiger partial charge in [-0.15, -0.1) is 0 Å². The second-order valence-electron chi connectivity index (χ2n) is 4.14. The van der Waals surface area contributed by atoms with Gasteiger partial charge in [-0.1, -0.05) is 0 Å². The van der Waals surface area contributed by atoms with E-state index in [-0.39, 0.29) is 24.4 Å². The van der Waals surface area contributed by atoms with Gasteiger partial charge in [-0.2, -0.15) is 0 Å². The van der Waals surface area contributed by atoms with E-state index in [1.54, 1.807) is 4.90 Å². The molecule has 1 amide bonds. The quantitative estimate of drug-likeness (QED) is 0.652. The van der Waals surface area contributed by atoms with E-state index in [0.29, 0.717) is 19.5 Å². The Balaban J connectivity index is 2.32. The van der Waals surface area contributed by atoms with Crippen molar-refractivity contribution in [3.8, 4) is 0 Å². The molecule has 0 aromatic rings. The van der Waals surface area contributed by atoms with E-state index in [9.17, 15) is 9.59 Å². The second kappa shape index (κ2) is 7.27. The molecule has 1 fully saturated rings. The summed E-state index contributed by atoms with van der Waals surface area (Å²) in [5.41, 5.74) is 0. The van der Waals surface area contributed by atoms with Gasteiger partial charge in [0.2, 0.25) is 5.91 Å². The van der Waals surface area contributed by atoms with Gasteiger partial charge in [0.05, 0.1) is 26.1 Å². The van der Waals surface area contributed by atoms with Crippen LogP contribution < -0.4 is 0 Å². The summed E-state index contributed by atoms with van der Waals surface area (Å²) in [7, 11) is 1.35. The Morgan fingerprint density at radius 3 is 2.76 bits per heavy atom. The first kappa shape index (κ1) is 14.0. The summed E-state index contributed by atoms with van der Waals surface area (Å²) >= 11 is 0. The predicted octanol–water partition coefficient (Wildman–Crippen LogP) is 0.967. The largest absolute Gasteiger partial charge is 0.469 e. The molecule has 0 spiro atoms. The number of rotatable bonds is 6. The van der Waals surface area contributed by atoms with Gasteiger partial charge in [-0.05, 0) is 19.8 Å². The molecule has 1 atom stereocenters. The Hall–Kier alpha value is -1.10. The molecule has 1 aliphatic heterocycles. The summed E-state index contributed by atoms with van der Waals surface area (Å²) in [5.74, 6) is -0.225. The number of hydrogen-bond donors (Lipinski definition) is 0. The maximum absolute atomic E-state index is 11.9. The summed E-state index contributed by atoms with van der Waals surface area (Å²) in [6.45, 7) is 3.70. The molecule has 0 aliphatic carbocycles. The number of amides is 1. The van der Waals surface area contributed by atoms with Crippen LogP contribution in [0.1, 0.15) is 32.6 Å². The molecule has 1 saturated heterocycles. The number of esters is 1. The lowest BCUT2D eigenvalue weighted by molar-refractivity contribution is -0.142. The van der Waals surface area contributed by atoms with Crippen molar-refractivity contribution in [2.75, 3.05) is 26.8 Å². The minimum absolute atomic E-state index is 0.0586. The van der Waals surface area contributed by atoms with Crippen molar-refractivity contribution in [3.63, 3.8) is 0 Å². The minimum Gasteiger partial charge on any atom is -0.469 e. The molecular weight excluding hydrogens is 222 g/mol. The summed E-state index contributed by atoms with van der Waals surface area (Å²) in [4.78, 5) is 24.6. The maximum atomic E-state index is 11.9. The van der Waals surface area contributed by atoms with Crippen molar-refractivity contribution in [1.82, 2.24) is 4.90 Å². The van der Waals surface area contributed by atoms with Crippen LogP contribution in [0, 0.1) is 0 Å². The molecule has 0 saturated carbocycles. The van der Waals surface area contributed by atoms with Crippen molar-refractivity contribution in [2.45, 2.75) is 38.7 Å². The standard InChI is InChI=1S/C12H21NO4/c1-3-13(7-6-12(15)16-2)11(14)9-10-5-4-8-17-10/h10H,3-9H2,1-2H3. The zero-order chi connectivity index (χ0) is 12.7. The predicted molar refractivity (Wildman–Crippen MR) is 62.5 cm³/mol. The summed E-state index contributed by atoms with van der Waals surface area (Å²) in [6, 6.07) is 0. The van der Waals surface area contributed by atoms with E-state index in [1.165, 1.54) is 7.11 Å². The third kappa shape index (κ3) is 4.73. The molecule has 0 radical (unpaired) electrons. The van der Waals surface area contributed by atoms with Gasteiger partial charge in [0.1, 0.15) is 0 Å². The van der Waals surface area contributed by atoms with Crippen molar-refractivity contribution in [1.29, 1.82) is 0 Å². The van der Waals surface area contributed by atoms with Crippen LogP contribution in [0.2, 0.25) is 0 Å². The molecule has 0 aromatic heterocycles. The summed E-state index contributed by atoms with van der Waals surface area (Å²) in [6.07, 6.45) is 2.73. The number of carbonyl (C=O) groups is 2. The molecule has 17 heavy (non-hydrogen) atoms. The molecule has 1 heterocycles. The second-order valence-corrected chi connectivity index (χ2v) is 4.14. The molecule has 0 N–H and O–H groups in total. The van der Waals surface area contributed by atoms with E-state index in [2.05, 4.69) is 4.74 Å². The van der Waals surface area contributed by atoms with Gasteiger partial charge in [0, 0.05) is 19.7 Å². The molecule has 1 rings (SSSR count). The van der Waals surface area contributed by atoms with Crippen LogP contribution in [0.25, 0.3) is 0 Å². The molecule has 0 aromatic carbocycles. The lowest BCUT2D eigenvalue weighted by Crippen LogP contribution is -2.35. The zero-order valence-electron chi connectivity index (χ0n) is 10.6. The highest BCUT2D eigenvalue weighted by Crippen LogP contribution is 2.16. The maximum Gasteiger partial charge on any atom is 0.307 e. The highest BCUT2D eigenvalue weighted by Gasteiger charge is 2.22. The Morgan fingerprint density at radius 1 is 1.47 bits per heavy atom. The SMILES string of the molecule is CCN(CCC(=O)OC)C(=O)CC1CCCO1. The molecule has 5 nitrogen and oxygen atoms in total. The van der Waals surface area contributed by atoms with E-state index >= 15 is 0 Å². The molecule has 5 heteroatoms. The number of methoxy groups -OCH3 is 1. The van der Waals surface area contributed by atoms with Gasteiger partial charge < -0.3 is 14.4 Å². The van der Waals surface area contributed by atoms with Gasteiger partial charge in [0.25, 0.3) is 0 Å².